The van der Waals surface area contributed by atoms with Crippen LogP contribution in [0.5, 0.6) is 5.75 Å². The predicted molar refractivity (Wildman–Crippen MR) is 56.2 cm³/mol. The van der Waals surface area contributed by atoms with Crippen LogP contribution in [0.3, 0.4) is 0 Å². The summed E-state index contributed by atoms with van der Waals surface area (Å²) in [5.41, 5.74) is -0.377. The molecule has 2 rings (SSSR count). The molecule has 0 amide bonds. The standard InChI is InChI=1S/C11H12F3NO2/c12-11(13,14)8-2-1-3-9-10(8)17-7-5-15(9)4-6-16/h1-3,16H,4-7H2. The van der Waals surface area contributed by atoms with Gasteiger partial charge in [0.1, 0.15) is 6.61 Å². The number of benzene rings is 1. The number of hydrogen-bond acceptors (Lipinski definition) is 3. The lowest BCUT2D eigenvalue weighted by Crippen LogP contribution is -2.35. The minimum atomic E-state index is -4.42. The molecule has 0 saturated heterocycles. The molecule has 3 nitrogen and oxygen atoms in total. The molecular formula is C11H12F3NO2. The summed E-state index contributed by atoms with van der Waals surface area (Å²) in [6.45, 7) is 0.877. The summed E-state index contributed by atoms with van der Waals surface area (Å²) < 4.78 is 43.3. The summed E-state index contributed by atoms with van der Waals surface area (Å²) in [6, 6.07) is 3.92. The fourth-order valence-electron chi connectivity index (χ4n) is 1.88. The van der Waals surface area contributed by atoms with Crippen LogP contribution in [0.25, 0.3) is 0 Å². The van der Waals surface area contributed by atoms with Gasteiger partial charge in [0, 0.05) is 6.54 Å². The van der Waals surface area contributed by atoms with Gasteiger partial charge in [0.15, 0.2) is 5.75 Å². The van der Waals surface area contributed by atoms with Crippen molar-refractivity contribution in [1.82, 2.24) is 0 Å². The number of fused-ring (bicyclic) bond motifs is 1. The van der Waals surface area contributed by atoms with Crippen molar-refractivity contribution in [1.29, 1.82) is 0 Å². The molecule has 1 aromatic rings. The fraction of sp³-hybridized carbons (Fsp3) is 0.455. The zero-order valence-corrected chi connectivity index (χ0v) is 9.00. The van der Waals surface area contributed by atoms with E-state index in [1.807, 2.05) is 0 Å². The van der Waals surface area contributed by atoms with E-state index in [1.54, 1.807) is 11.0 Å². The summed E-state index contributed by atoms with van der Waals surface area (Å²) in [6.07, 6.45) is -4.42. The SMILES string of the molecule is OCCN1CCOc2c1cccc2C(F)(F)F. The van der Waals surface area contributed by atoms with E-state index in [1.165, 1.54) is 6.07 Å². The van der Waals surface area contributed by atoms with Gasteiger partial charge in [0.25, 0.3) is 0 Å². The molecule has 0 fully saturated rings. The third kappa shape index (κ3) is 2.31. The maximum Gasteiger partial charge on any atom is 0.420 e. The zero-order chi connectivity index (χ0) is 12.5. The first-order valence-electron chi connectivity index (χ1n) is 5.23. The summed E-state index contributed by atoms with van der Waals surface area (Å²) in [7, 11) is 0. The minimum absolute atomic E-state index is 0.102. The Morgan fingerprint density at radius 3 is 2.76 bits per heavy atom. The molecule has 0 saturated carbocycles. The molecule has 1 N–H and O–H groups in total. The highest BCUT2D eigenvalue weighted by atomic mass is 19.4. The predicted octanol–water partition coefficient (Wildman–Crippen LogP) is 1.90. The van der Waals surface area contributed by atoms with Crippen molar-refractivity contribution in [2.24, 2.45) is 0 Å². The van der Waals surface area contributed by atoms with Gasteiger partial charge in [-0.25, -0.2) is 0 Å². The molecule has 1 aliphatic rings. The molecule has 1 aliphatic heterocycles. The van der Waals surface area contributed by atoms with E-state index in [2.05, 4.69) is 0 Å². The van der Waals surface area contributed by atoms with Gasteiger partial charge < -0.3 is 14.7 Å². The monoisotopic (exact) mass is 247 g/mol. The van der Waals surface area contributed by atoms with Crippen molar-refractivity contribution >= 4 is 5.69 Å². The first kappa shape index (κ1) is 12.0. The number of alkyl halides is 3. The van der Waals surface area contributed by atoms with Gasteiger partial charge in [-0.1, -0.05) is 6.07 Å². The van der Waals surface area contributed by atoms with Gasteiger partial charge in [-0.2, -0.15) is 13.2 Å². The Morgan fingerprint density at radius 2 is 2.12 bits per heavy atom. The van der Waals surface area contributed by atoms with Crippen LogP contribution in [0.1, 0.15) is 5.56 Å². The Kier molecular flexibility index (Phi) is 3.15. The number of anilines is 1. The lowest BCUT2D eigenvalue weighted by atomic mass is 10.1. The van der Waals surface area contributed by atoms with Gasteiger partial charge in [-0.3, -0.25) is 0 Å². The van der Waals surface area contributed by atoms with Crippen molar-refractivity contribution in [2.45, 2.75) is 6.18 Å². The van der Waals surface area contributed by atoms with Crippen molar-refractivity contribution in [3.8, 4) is 5.75 Å². The third-order valence-corrected chi connectivity index (χ3v) is 2.62. The molecule has 17 heavy (non-hydrogen) atoms. The van der Waals surface area contributed by atoms with Crippen molar-refractivity contribution < 1.29 is 23.0 Å². The average molecular weight is 247 g/mol. The number of aliphatic hydroxyl groups is 1. The molecule has 0 unspecified atom stereocenters. The van der Waals surface area contributed by atoms with Crippen molar-refractivity contribution in [2.75, 3.05) is 31.2 Å². The summed E-state index contributed by atoms with van der Waals surface area (Å²) in [5.74, 6) is -0.139. The molecule has 1 heterocycles. The Morgan fingerprint density at radius 1 is 1.35 bits per heavy atom. The minimum Gasteiger partial charge on any atom is -0.489 e. The normalized spacial score (nSPS) is 15.4. The van der Waals surface area contributed by atoms with Crippen LogP contribution in [0.4, 0.5) is 18.9 Å². The second-order valence-electron chi connectivity index (χ2n) is 3.71. The van der Waals surface area contributed by atoms with Crippen LogP contribution in [0, 0.1) is 0 Å². The third-order valence-electron chi connectivity index (χ3n) is 2.62. The molecule has 0 radical (unpaired) electrons. The van der Waals surface area contributed by atoms with Crippen LogP contribution < -0.4 is 9.64 Å². The van der Waals surface area contributed by atoms with Gasteiger partial charge in [-0.05, 0) is 12.1 Å². The average Bonchev–Trinajstić information content (AvgIpc) is 2.28. The van der Waals surface area contributed by atoms with Crippen molar-refractivity contribution in [3.05, 3.63) is 23.8 Å². The van der Waals surface area contributed by atoms with Crippen molar-refractivity contribution in [3.63, 3.8) is 0 Å². The van der Waals surface area contributed by atoms with E-state index in [0.29, 0.717) is 18.8 Å². The highest BCUT2D eigenvalue weighted by Gasteiger charge is 2.37. The number of halogens is 3. The smallest absolute Gasteiger partial charge is 0.420 e. The molecule has 0 bridgehead atoms. The number of rotatable bonds is 2. The lowest BCUT2D eigenvalue weighted by molar-refractivity contribution is -0.139. The van der Waals surface area contributed by atoms with Crippen LogP contribution in [0.15, 0.2) is 18.2 Å². The molecule has 0 spiro atoms. The maximum absolute atomic E-state index is 12.7. The largest absolute Gasteiger partial charge is 0.489 e. The lowest BCUT2D eigenvalue weighted by Gasteiger charge is -2.32. The number of para-hydroxylation sites is 1. The Hall–Kier alpha value is -1.43. The van der Waals surface area contributed by atoms with E-state index in [4.69, 9.17) is 9.84 Å². The summed E-state index contributed by atoms with van der Waals surface area (Å²) >= 11 is 0. The summed E-state index contributed by atoms with van der Waals surface area (Å²) in [5, 5.41) is 8.87. The number of β-amino-alcohol motifs (C(OH)–C–C–N with tert-alkyl or cyclic N) is 1. The zero-order valence-electron chi connectivity index (χ0n) is 9.00. The Labute approximate surface area is 96.4 Å². The quantitative estimate of drug-likeness (QED) is 0.866. The maximum atomic E-state index is 12.7. The van der Waals surface area contributed by atoms with Gasteiger partial charge in [-0.15, -0.1) is 0 Å². The Balaban J connectivity index is 2.44. The molecule has 94 valence electrons. The van der Waals surface area contributed by atoms with E-state index in [-0.39, 0.29) is 19.0 Å². The highest BCUT2D eigenvalue weighted by Crippen LogP contribution is 2.42. The molecule has 0 atom stereocenters. The van der Waals surface area contributed by atoms with E-state index in [9.17, 15) is 13.2 Å². The van der Waals surface area contributed by atoms with E-state index in [0.717, 1.165) is 6.07 Å². The fourth-order valence-corrected chi connectivity index (χ4v) is 1.88. The van der Waals surface area contributed by atoms with E-state index >= 15 is 0 Å². The van der Waals surface area contributed by atoms with Crippen LogP contribution in [-0.4, -0.2) is 31.4 Å². The summed E-state index contributed by atoms with van der Waals surface area (Å²) in [4.78, 5) is 1.69. The molecular weight excluding hydrogens is 235 g/mol. The molecule has 1 aromatic carbocycles. The first-order valence-corrected chi connectivity index (χ1v) is 5.23. The second kappa shape index (κ2) is 4.44. The molecule has 0 aliphatic carbocycles. The molecule has 6 heteroatoms. The second-order valence-corrected chi connectivity index (χ2v) is 3.71. The topological polar surface area (TPSA) is 32.7 Å². The van der Waals surface area contributed by atoms with Gasteiger partial charge >= 0.3 is 6.18 Å². The van der Waals surface area contributed by atoms with Crippen LogP contribution in [-0.2, 0) is 6.18 Å². The Bertz CT molecular complexity index is 406. The van der Waals surface area contributed by atoms with Gasteiger partial charge in [0.2, 0.25) is 0 Å². The highest BCUT2D eigenvalue weighted by molar-refractivity contribution is 5.63. The van der Waals surface area contributed by atoms with Gasteiger partial charge in [0.05, 0.1) is 24.4 Å². The molecule has 0 aromatic heterocycles. The number of nitrogens with zero attached hydrogens (tertiary/aromatic N) is 1. The first-order chi connectivity index (χ1) is 8.04. The number of ether oxygens (including phenoxy) is 1. The number of hydrogen-bond donors (Lipinski definition) is 1. The van der Waals surface area contributed by atoms with E-state index < -0.39 is 11.7 Å². The van der Waals surface area contributed by atoms with Crippen LogP contribution >= 0.6 is 0 Å². The number of aliphatic hydroxyl groups excluding tert-OH is 1. The van der Waals surface area contributed by atoms with Crippen LogP contribution in [0.2, 0.25) is 0 Å².